The second-order valence-corrected chi connectivity index (χ2v) is 4.95. The summed E-state index contributed by atoms with van der Waals surface area (Å²) in [5.74, 6) is -1.49. The summed E-state index contributed by atoms with van der Waals surface area (Å²) in [6, 6.07) is 3.68. The molecule has 8 heteroatoms. The molecule has 0 aliphatic carbocycles. The van der Waals surface area contributed by atoms with Crippen LogP contribution >= 0.6 is 11.8 Å². The summed E-state index contributed by atoms with van der Waals surface area (Å²) in [7, 11) is 0. The highest BCUT2D eigenvalue weighted by atomic mass is 32.2. The summed E-state index contributed by atoms with van der Waals surface area (Å²) in [6.07, 6.45) is 1.81. The maximum Gasteiger partial charge on any atom is 0.274 e. The topological polar surface area (TPSA) is 74.8 Å². The Labute approximate surface area is 122 Å². The minimum atomic E-state index is -0.784. The van der Waals surface area contributed by atoms with Crippen LogP contribution < -0.4 is 10.9 Å². The number of anilines is 1. The molecule has 110 valence electrons. The van der Waals surface area contributed by atoms with Gasteiger partial charge in [0.05, 0.1) is 11.4 Å². The van der Waals surface area contributed by atoms with E-state index in [0.717, 1.165) is 24.3 Å². The van der Waals surface area contributed by atoms with E-state index in [1.165, 1.54) is 11.8 Å². The molecule has 2 rings (SSSR count). The largest absolute Gasteiger partial charge is 0.318 e. The van der Waals surface area contributed by atoms with Gasteiger partial charge in [-0.25, -0.2) is 13.8 Å². The second-order valence-electron chi connectivity index (χ2n) is 4.09. The smallest absolute Gasteiger partial charge is 0.274 e. The number of aromatic nitrogens is 2. The van der Waals surface area contributed by atoms with E-state index in [4.69, 9.17) is 0 Å². The van der Waals surface area contributed by atoms with Gasteiger partial charge >= 0.3 is 0 Å². The molecule has 21 heavy (non-hydrogen) atoms. The van der Waals surface area contributed by atoms with Gasteiger partial charge in [0, 0.05) is 12.1 Å². The number of carbonyl (C=O) groups is 1. The maximum absolute atomic E-state index is 13.5. The van der Waals surface area contributed by atoms with Gasteiger partial charge in [-0.2, -0.15) is 11.8 Å². The van der Waals surface area contributed by atoms with Crippen LogP contribution in [0.25, 0.3) is 0 Å². The molecule has 0 aliphatic heterocycles. The van der Waals surface area contributed by atoms with Crippen molar-refractivity contribution >= 4 is 23.4 Å². The van der Waals surface area contributed by atoms with Crippen molar-refractivity contribution in [3.63, 3.8) is 0 Å². The number of rotatable bonds is 4. The van der Waals surface area contributed by atoms with Gasteiger partial charge in [0.25, 0.3) is 11.5 Å². The number of amides is 1. The number of hydrogen-bond acceptors (Lipinski definition) is 4. The molecule has 0 atom stereocenters. The summed E-state index contributed by atoms with van der Waals surface area (Å²) in [6.45, 7) is 0. The van der Waals surface area contributed by atoms with Crippen LogP contribution in [0, 0.1) is 11.6 Å². The summed E-state index contributed by atoms with van der Waals surface area (Å²) in [5, 5.41) is 2.19. The average Bonchev–Trinajstić information content (AvgIpc) is 2.42. The van der Waals surface area contributed by atoms with E-state index in [9.17, 15) is 18.4 Å². The van der Waals surface area contributed by atoms with Crippen molar-refractivity contribution in [1.29, 1.82) is 0 Å². The Morgan fingerprint density at radius 3 is 2.86 bits per heavy atom. The summed E-state index contributed by atoms with van der Waals surface area (Å²) >= 11 is 1.42. The average molecular weight is 311 g/mol. The SMILES string of the molecule is CSCc1nc(C(=O)Nc2cc(F)ccc2F)cc(=O)[nH]1. The van der Waals surface area contributed by atoms with Gasteiger partial charge in [-0.05, 0) is 18.4 Å². The monoisotopic (exact) mass is 311 g/mol. The Morgan fingerprint density at radius 1 is 1.38 bits per heavy atom. The van der Waals surface area contributed by atoms with Gasteiger partial charge in [0.15, 0.2) is 0 Å². The molecule has 1 heterocycles. The lowest BCUT2D eigenvalue weighted by molar-refractivity contribution is 0.102. The summed E-state index contributed by atoms with van der Waals surface area (Å²) in [5.41, 5.74) is -0.959. The number of benzene rings is 1. The quantitative estimate of drug-likeness (QED) is 0.907. The van der Waals surface area contributed by atoms with Crippen LogP contribution in [-0.4, -0.2) is 22.1 Å². The maximum atomic E-state index is 13.5. The standard InChI is InChI=1S/C13H11F2N3O2S/c1-21-6-11-16-10(5-12(19)18-11)13(20)17-9-4-7(14)2-3-8(9)15/h2-5H,6H2,1H3,(H,17,20)(H,16,18,19). The fourth-order valence-corrected chi connectivity index (χ4v) is 2.02. The van der Waals surface area contributed by atoms with Crippen molar-refractivity contribution in [2.24, 2.45) is 0 Å². The molecule has 0 bridgehead atoms. The van der Waals surface area contributed by atoms with E-state index in [2.05, 4.69) is 15.3 Å². The molecule has 1 aromatic heterocycles. The first kappa shape index (κ1) is 15.2. The van der Waals surface area contributed by atoms with Crippen LogP contribution in [0.5, 0.6) is 0 Å². The van der Waals surface area contributed by atoms with Gasteiger partial charge in [-0.1, -0.05) is 0 Å². The van der Waals surface area contributed by atoms with Crippen molar-refractivity contribution in [3.8, 4) is 0 Å². The zero-order valence-corrected chi connectivity index (χ0v) is 11.8. The third kappa shape index (κ3) is 3.88. The second kappa shape index (κ2) is 6.49. The van der Waals surface area contributed by atoms with Crippen LogP contribution in [-0.2, 0) is 5.75 Å². The van der Waals surface area contributed by atoms with Crippen LogP contribution in [0.15, 0.2) is 29.1 Å². The molecule has 1 aromatic carbocycles. The molecule has 0 aliphatic rings. The van der Waals surface area contributed by atoms with Crippen LogP contribution in [0.1, 0.15) is 16.3 Å². The molecule has 5 nitrogen and oxygen atoms in total. The highest BCUT2D eigenvalue weighted by molar-refractivity contribution is 7.97. The molecule has 0 saturated carbocycles. The molecule has 0 unspecified atom stereocenters. The van der Waals surface area contributed by atoms with E-state index in [0.29, 0.717) is 11.6 Å². The Hall–Kier alpha value is -2.22. The Balaban J connectivity index is 2.28. The molecular weight excluding hydrogens is 300 g/mol. The molecule has 0 fully saturated rings. The van der Waals surface area contributed by atoms with Crippen molar-refractivity contribution in [1.82, 2.24) is 9.97 Å². The minimum absolute atomic E-state index is 0.161. The third-order valence-corrected chi connectivity index (χ3v) is 3.04. The normalized spacial score (nSPS) is 10.4. The van der Waals surface area contributed by atoms with Gasteiger partial charge in [0.2, 0.25) is 0 Å². The number of thioether (sulfide) groups is 1. The summed E-state index contributed by atoms with van der Waals surface area (Å²) in [4.78, 5) is 29.9. The molecule has 0 saturated heterocycles. The summed E-state index contributed by atoms with van der Waals surface area (Å²) < 4.78 is 26.5. The lowest BCUT2D eigenvalue weighted by Gasteiger charge is -2.07. The van der Waals surface area contributed by atoms with Crippen LogP contribution in [0.3, 0.4) is 0 Å². The van der Waals surface area contributed by atoms with Gasteiger partial charge < -0.3 is 10.3 Å². The lowest BCUT2D eigenvalue weighted by atomic mass is 10.2. The molecule has 0 spiro atoms. The van der Waals surface area contributed by atoms with Crippen molar-refractivity contribution in [2.75, 3.05) is 11.6 Å². The Morgan fingerprint density at radius 2 is 2.14 bits per heavy atom. The highest BCUT2D eigenvalue weighted by Gasteiger charge is 2.13. The fraction of sp³-hybridized carbons (Fsp3) is 0.154. The van der Waals surface area contributed by atoms with Gasteiger partial charge in [0.1, 0.15) is 23.2 Å². The number of nitrogens with one attached hydrogen (secondary N) is 2. The van der Waals surface area contributed by atoms with Gasteiger partial charge in [-0.3, -0.25) is 9.59 Å². The first-order valence-electron chi connectivity index (χ1n) is 5.85. The first-order chi connectivity index (χ1) is 9.99. The predicted molar refractivity (Wildman–Crippen MR) is 76.4 cm³/mol. The number of hydrogen-bond donors (Lipinski definition) is 2. The fourth-order valence-electron chi connectivity index (χ4n) is 1.61. The van der Waals surface area contributed by atoms with E-state index >= 15 is 0 Å². The number of aromatic amines is 1. The van der Waals surface area contributed by atoms with E-state index in [1.54, 1.807) is 0 Å². The van der Waals surface area contributed by atoms with Crippen LogP contribution in [0.2, 0.25) is 0 Å². The highest BCUT2D eigenvalue weighted by Crippen LogP contribution is 2.16. The molecule has 0 radical (unpaired) electrons. The zero-order valence-electron chi connectivity index (χ0n) is 10.9. The molecule has 2 N–H and O–H groups in total. The predicted octanol–water partition coefficient (Wildman–Crippen LogP) is 2.16. The Kier molecular flexibility index (Phi) is 4.69. The molecular formula is C13H11F2N3O2S. The molecule has 2 aromatic rings. The number of halogens is 2. The van der Waals surface area contributed by atoms with E-state index in [-0.39, 0.29) is 11.4 Å². The molecule has 1 amide bonds. The van der Waals surface area contributed by atoms with Crippen molar-refractivity contribution in [2.45, 2.75) is 5.75 Å². The number of carbonyl (C=O) groups excluding carboxylic acids is 1. The van der Waals surface area contributed by atoms with Crippen molar-refractivity contribution < 1.29 is 13.6 Å². The lowest BCUT2D eigenvalue weighted by Crippen LogP contribution is -2.20. The van der Waals surface area contributed by atoms with E-state index in [1.807, 2.05) is 6.26 Å². The third-order valence-electron chi connectivity index (χ3n) is 2.48. The first-order valence-corrected chi connectivity index (χ1v) is 7.24. The van der Waals surface area contributed by atoms with Crippen molar-refractivity contribution in [3.05, 3.63) is 57.8 Å². The minimum Gasteiger partial charge on any atom is -0.318 e. The van der Waals surface area contributed by atoms with E-state index < -0.39 is 23.1 Å². The zero-order chi connectivity index (χ0) is 15.4. The van der Waals surface area contributed by atoms with Gasteiger partial charge in [-0.15, -0.1) is 0 Å². The van der Waals surface area contributed by atoms with Crippen LogP contribution in [0.4, 0.5) is 14.5 Å². The number of H-pyrrole nitrogens is 1. The Bertz CT molecular complexity index is 734. The number of nitrogens with zero attached hydrogens (tertiary/aromatic N) is 1.